The SMILES string of the molecule is Cl.NCCC(=O)NCC1CCCCN1Cc1ccc(Br)c(Cl)c1. The lowest BCUT2D eigenvalue weighted by molar-refractivity contribution is -0.121. The van der Waals surface area contributed by atoms with E-state index >= 15 is 0 Å². The van der Waals surface area contributed by atoms with Gasteiger partial charge in [0.05, 0.1) is 5.02 Å². The lowest BCUT2D eigenvalue weighted by Crippen LogP contribution is -2.46. The largest absolute Gasteiger partial charge is 0.354 e. The molecule has 0 radical (unpaired) electrons. The molecule has 0 spiro atoms. The second-order valence-electron chi connectivity index (χ2n) is 5.71. The number of halogens is 3. The molecule has 1 aromatic carbocycles. The molecule has 1 aliphatic heterocycles. The molecule has 23 heavy (non-hydrogen) atoms. The Morgan fingerprint density at radius 2 is 2.22 bits per heavy atom. The summed E-state index contributed by atoms with van der Waals surface area (Å²) in [5.41, 5.74) is 6.61. The Morgan fingerprint density at radius 1 is 1.43 bits per heavy atom. The van der Waals surface area contributed by atoms with E-state index in [0.29, 0.717) is 25.6 Å². The van der Waals surface area contributed by atoms with Crippen molar-refractivity contribution in [1.82, 2.24) is 10.2 Å². The molecule has 0 aromatic heterocycles. The fraction of sp³-hybridized carbons (Fsp3) is 0.562. The average Bonchev–Trinajstić information content (AvgIpc) is 2.50. The van der Waals surface area contributed by atoms with E-state index in [4.69, 9.17) is 17.3 Å². The normalized spacial score (nSPS) is 18.3. The van der Waals surface area contributed by atoms with Crippen molar-refractivity contribution in [2.75, 3.05) is 19.6 Å². The summed E-state index contributed by atoms with van der Waals surface area (Å²) in [5, 5.41) is 3.73. The minimum Gasteiger partial charge on any atom is -0.354 e. The van der Waals surface area contributed by atoms with Crippen LogP contribution in [0.15, 0.2) is 22.7 Å². The molecular weight excluding hydrogens is 401 g/mol. The molecule has 1 heterocycles. The van der Waals surface area contributed by atoms with Crippen molar-refractivity contribution in [2.45, 2.75) is 38.3 Å². The summed E-state index contributed by atoms with van der Waals surface area (Å²) in [7, 11) is 0. The standard InChI is InChI=1S/C16H23BrClN3O.ClH/c17-14-5-4-12(9-15(14)18)11-21-8-2-1-3-13(21)10-20-16(22)6-7-19;/h4-5,9,13H,1-3,6-8,10-11,19H2,(H,20,22);1H. The molecular formula is C16H24BrCl2N3O. The number of benzene rings is 1. The molecule has 1 fully saturated rings. The second kappa shape index (κ2) is 10.5. The fourth-order valence-corrected chi connectivity index (χ4v) is 3.27. The number of carbonyl (C=O) groups is 1. The minimum atomic E-state index is 0. The first-order valence-corrected chi connectivity index (χ1v) is 8.92. The van der Waals surface area contributed by atoms with Crippen LogP contribution in [0.4, 0.5) is 0 Å². The van der Waals surface area contributed by atoms with E-state index in [1.54, 1.807) is 0 Å². The Hall–Kier alpha value is -0.330. The van der Waals surface area contributed by atoms with Crippen LogP contribution in [0.5, 0.6) is 0 Å². The predicted molar refractivity (Wildman–Crippen MR) is 101 cm³/mol. The summed E-state index contributed by atoms with van der Waals surface area (Å²) in [6.45, 7) is 3.02. The molecule has 1 aromatic rings. The summed E-state index contributed by atoms with van der Waals surface area (Å²) in [6.07, 6.45) is 3.94. The van der Waals surface area contributed by atoms with Crippen LogP contribution in [0.25, 0.3) is 0 Å². The number of nitrogens with zero attached hydrogens (tertiary/aromatic N) is 1. The average molecular weight is 425 g/mol. The van der Waals surface area contributed by atoms with Crippen LogP contribution >= 0.6 is 39.9 Å². The van der Waals surface area contributed by atoms with E-state index in [1.165, 1.54) is 18.4 Å². The van der Waals surface area contributed by atoms with Gasteiger partial charge in [-0.3, -0.25) is 9.69 Å². The molecule has 2 rings (SSSR count). The smallest absolute Gasteiger partial charge is 0.221 e. The van der Waals surface area contributed by atoms with Gasteiger partial charge in [-0.05, 0) is 53.0 Å². The third-order valence-electron chi connectivity index (χ3n) is 4.03. The Kier molecular flexibility index (Phi) is 9.47. The predicted octanol–water partition coefficient (Wildman–Crippen LogP) is 3.34. The summed E-state index contributed by atoms with van der Waals surface area (Å²) in [4.78, 5) is 14.0. The number of nitrogens with two attached hydrogens (primary N) is 1. The quantitative estimate of drug-likeness (QED) is 0.736. The van der Waals surface area contributed by atoms with Gasteiger partial charge in [0.25, 0.3) is 0 Å². The summed E-state index contributed by atoms with van der Waals surface area (Å²) in [6, 6.07) is 6.47. The van der Waals surface area contributed by atoms with Crippen molar-refractivity contribution in [3.63, 3.8) is 0 Å². The maximum absolute atomic E-state index is 11.6. The van der Waals surface area contributed by atoms with E-state index in [2.05, 4.69) is 32.2 Å². The molecule has 1 atom stereocenters. The lowest BCUT2D eigenvalue weighted by atomic mass is 10.0. The highest BCUT2D eigenvalue weighted by molar-refractivity contribution is 9.10. The van der Waals surface area contributed by atoms with E-state index < -0.39 is 0 Å². The van der Waals surface area contributed by atoms with Gasteiger partial charge >= 0.3 is 0 Å². The minimum absolute atomic E-state index is 0. The molecule has 0 aliphatic carbocycles. The molecule has 1 aliphatic rings. The van der Waals surface area contributed by atoms with Crippen LogP contribution in [-0.4, -0.2) is 36.5 Å². The zero-order valence-corrected chi connectivity index (χ0v) is 16.2. The summed E-state index contributed by atoms with van der Waals surface area (Å²) < 4.78 is 0.919. The number of piperidine rings is 1. The van der Waals surface area contributed by atoms with Gasteiger partial charge < -0.3 is 11.1 Å². The highest BCUT2D eigenvalue weighted by Gasteiger charge is 2.22. The van der Waals surface area contributed by atoms with Crippen molar-refractivity contribution in [2.24, 2.45) is 5.73 Å². The fourth-order valence-electron chi connectivity index (χ4n) is 2.82. The molecule has 1 saturated heterocycles. The van der Waals surface area contributed by atoms with Gasteiger partial charge in [-0.2, -0.15) is 0 Å². The number of likely N-dealkylation sites (tertiary alicyclic amines) is 1. The molecule has 1 amide bonds. The first-order chi connectivity index (χ1) is 10.6. The Morgan fingerprint density at radius 3 is 2.91 bits per heavy atom. The Labute approximate surface area is 157 Å². The number of nitrogens with one attached hydrogen (secondary N) is 1. The maximum Gasteiger partial charge on any atom is 0.221 e. The van der Waals surface area contributed by atoms with Crippen molar-refractivity contribution in [3.8, 4) is 0 Å². The van der Waals surface area contributed by atoms with Crippen molar-refractivity contribution in [3.05, 3.63) is 33.3 Å². The highest BCUT2D eigenvalue weighted by atomic mass is 79.9. The first kappa shape index (κ1) is 20.7. The zero-order valence-electron chi connectivity index (χ0n) is 13.1. The third kappa shape index (κ3) is 6.59. The topological polar surface area (TPSA) is 58.4 Å². The molecule has 3 N–H and O–H groups in total. The van der Waals surface area contributed by atoms with Crippen LogP contribution in [0.2, 0.25) is 5.02 Å². The van der Waals surface area contributed by atoms with E-state index in [1.807, 2.05) is 12.1 Å². The number of carbonyl (C=O) groups excluding carboxylic acids is 1. The summed E-state index contributed by atoms with van der Waals surface area (Å²) in [5.74, 6) is 0.0414. The van der Waals surface area contributed by atoms with Crippen molar-refractivity contribution in [1.29, 1.82) is 0 Å². The van der Waals surface area contributed by atoms with Gasteiger partial charge in [0.2, 0.25) is 5.91 Å². The maximum atomic E-state index is 11.6. The van der Waals surface area contributed by atoms with Crippen LogP contribution < -0.4 is 11.1 Å². The third-order valence-corrected chi connectivity index (χ3v) is 5.26. The Balaban J connectivity index is 0.00000264. The van der Waals surface area contributed by atoms with Gasteiger partial charge in [0.15, 0.2) is 0 Å². The first-order valence-electron chi connectivity index (χ1n) is 7.75. The van der Waals surface area contributed by atoms with Gasteiger partial charge in [-0.15, -0.1) is 12.4 Å². The number of hydrogen-bond acceptors (Lipinski definition) is 3. The van der Waals surface area contributed by atoms with Crippen LogP contribution in [0, 0.1) is 0 Å². The lowest BCUT2D eigenvalue weighted by Gasteiger charge is -2.36. The number of rotatable bonds is 6. The molecule has 1 unspecified atom stereocenters. The van der Waals surface area contributed by atoms with Crippen LogP contribution in [0.3, 0.4) is 0 Å². The van der Waals surface area contributed by atoms with E-state index in [9.17, 15) is 4.79 Å². The summed E-state index contributed by atoms with van der Waals surface area (Å²) >= 11 is 9.59. The monoisotopic (exact) mass is 423 g/mol. The molecule has 0 bridgehead atoms. The molecule has 4 nitrogen and oxygen atoms in total. The molecule has 7 heteroatoms. The molecule has 130 valence electrons. The molecule has 0 saturated carbocycles. The van der Waals surface area contributed by atoms with Crippen molar-refractivity contribution < 1.29 is 4.79 Å². The highest BCUT2D eigenvalue weighted by Crippen LogP contribution is 2.25. The van der Waals surface area contributed by atoms with Gasteiger partial charge in [0.1, 0.15) is 0 Å². The van der Waals surface area contributed by atoms with E-state index in [0.717, 1.165) is 29.0 Å². The zero-order chi connectivity index (χ0) is 15.9. The van der Waals surface area contributed by atoms with Crippen molar-refractivity contribution >= 4 is 45.8 Å². The second-order valence-corrected chi connectivity index (χ2v) is 6.97. The Bertz CT molecular complexity index is 516. The van der Waals surface area contributed by atoms with Gasteiger partial charge in [0, 0.05) is 36.6 Å². The van der Waals surface area contributed by atoms with Crippen LogP contribution in [-0.2, 0) is 11.3 Å². The van der Waals surface area contributed by atoms with E-state index in [-0.39, 0.29) is 18.3 Å². The number of hydrogen-bond donors (Lipinski definition) is 2. The van der Waals surface area contributed by atoms with Crippen LogP contribution in [0.1, 0.15) is 31.2 Å². The number of amides is 1. The van der Waals surface area contributed by atoms with Gasteiger partial charge in [-0.25, -0.2) is 0 Å². The van der Waals surface area contributed by atoms with Gasteiger partial charge in [-0.1, -0.05) is 24.1 Å².